The third-order valence-corrected chi connectivity index (χ3v) is 2.41. The van der Waals surface area contributed by atoms with Gasteiger partial charge in [-0.1, -0.05) is 6.07 Å². The Morgan fingerprint density at radius 3 is 2.68 bits per heavy atom. The van der Waals surface area contributed by atoms with Crippen LogP contribution in [0.15, 0.2) is 18.2 Å². The van der Waals surface area contributed by atoms with E-state index in [9.17, 15) is 14.0 Å². The second kappa shape index (κ2) is 7.48. The van der Waals surface area contributed by atoms with Gasteiger partial charge in [-0.2, -0.15) is 0 Å². The van der Waals surface area contributed by atoms with Crippen LogP contribution in [0.2, 0.25) is 0 Å². The van der Waals surface area contributed by atoms with E-state index in [-0.39, 0.29) is 18.0 Å². The van der Waals surface area contributed by atoms with Gasteiger partial charge in [-0.3, -0.25) is 9.59 Å². The van der Waals surface area contributed by atoms with E-state index in [1.54, 1.807) is 13.0 Å². The average molecular weight is 268 g/mol. The molecule has 0 spiro atoms. The number of ether oxygens (including phenoxy) is 1. The molecule has 0 fully saturated rings. The summed E-state index contributed by atoms with van der Waals surface area (Å²) in [6, 6.07) is 4.30. The molecule has 0 aliphatic carbocycles. The molecule has 104 valence electrons. The lowest BCUT2D eigenvalue weighted by Gasteiger charge is -2.07. The van der Waals surface area contributed by atoms with Crippen molar-refractivity contribution in [3.63, 3.8) is 0 Å². The second-order valence-corrected chi connectivity index (χ2v) is 4.01. The Morgan fingerprint density at radius 1 is 1.32 bits per heavy atom. The first-order valence-electron chi connectivity index (χ1n) is 5.84. The van der Waals surface area contributed by atoms with Gasteiger partial charge in [-0.25, -0.2) is 4.39 Å². The third-order valence-electron chi connectivity index (χ3n) is 2.41. The first kappa shape index (κ1) is 15.1. The predicted octanol–water partition coefficient (Wildman–Crippen LogP) is 0.627. The van der Waals surface area contributed by atoms with E-state index in [0.717, 1.165) is 5.56 Å². The molecule has 0 saturated heterocycles. The average Bonchev–Trinajstić information content (AvgIpc) is 2.36. The molecule has 0 radical (unpaired) electrons. The molecule has 0 aliphatic rings. The van der Waals surface area contributed by atoms with E-state index in [0.29, 0.717) is 13.2 Å². The lowest BCUT2D eigenvalue weighted by molar-refractivity contribution is -0.120. The highest BCUT2D eigenvalue weighted by molar-refractivity contribution is 5.96. The summed E-state index contributed by atoms with van der Waals surface area (Å²) in [6.07, 6.45) is 0. The third kappa shape index (κ3) is 5.05. The Balaban J connectivity index is 2.45. The zero-order valence-electron chi connectivity index (χ0n) is 11.0. The lowest BCUT2D eigenvalue weighted by atomic mass is 10.1. The van der Waals surface area contributed by atoms with Crippen molar-refractivity contribution in [3.8, 4) is 0 Å². The van der Waals surface area contributed by atoms with Gasteiger partial charge < -0.3 is 15.4 Å². The highest BCUT2D eigenvalue weighted by Gasteiger charge is 2.12. The van der Waals surface area contributed by atoms with Gasteiger partial charge in [0.2, 0.25) is 5.91 Å². The van der Waals surface area contributed by atoms with E-state index < -0.39 is 11.7 Å². The maximum Gasteiger partial charge on any atom is 0.254 e. The van der Waals surface area contributed by atoms with Crippen LogP contribution >= 0.6 is 0 Å². The summed E-state index contributed by atoms with van der Waals surface area (Å²) in [5, 5.41) is 4.90. The maximum atomic E-state index is 13.5. The number of benzene rings is 1. The molecule has 6 heteroatoms. The van der Waals surface area contributed by atoms with Gasteiger partial charge in [0, 0.05) is 13.7 Å². The zero-order valence-corrected chi connectivity index (χ0v) is 11.0. The molecule has 1 aromatic carbocycles. The highest BCUT2D eigenvalue weighted by atomic mass is 19.1. The monoisotopic (exact) mass is 268 g/mol. The molecular formula is C13H17FN2O3. The van der Waals surface area contributed by atoms with Crippen molar-refractivity contribution < 1.29 is 18.7 Å². The van der Waals surface area contributed by atoms with Crippen LogP contribution in [-0.4, -0.2) is 38.6 Å². The molecule has 0 unspecified atom stereocenters. The summed E-state index contributed by atoms with van der Waals surface area (Å²) < 4.78 is 18.3. The standard InChI is InChI=1S/C13H17FN2O3/c1-9-3-4-10(11(14)7-9)13(18)16-8-12(17)15-5-6-19-2/h3-4,7H,5-6,8H2,1-2H3,(H,15,17)(H,16,18). The smallest absolute Gasteiger partial charge is 0.254 e. The number of nitrogens with one attached hydrogen (secondary N) is 2. The Kier molecular flexibility index (Phi) is 5.95. The summed E-state index contributed by atoms with van der Waals surface area (Å²) in [5.41, 5.74) is 0.654. The van der Waals surface area contributed by atoms with Crippen LogP contribution in [0.3, 0.4) is 0 Å². The number of rotatable bonds is 6. The molecule has 0 heterocycles. The van der Waals surface area contributed by atoms with Gasteiger partial charge in [-0.05, 0) is 24.6 Å². The van der Waals surface area contributed by atoms with E-state index in [1.165, 1.54) is 19.2 Å². The Hall–Kier alpha value is -1.95. The van der Waals surface area contributed by atoms with Crippen molar-refractivity contribution in [3.05, 3.63) is 35.1 Å². The summed E-state index contributed by atoms with van der Waals surface area (Å²) in [4.78, 5) is 23.0. The highest BCUT2D eigenvalue weighted by Crippen LogP contribution is 2.09. The van der Waals surface area contributed by atoms with Crippen LogP contribution in [0.5, 0.6) is 0 Å². The number of carbonyl (C=O) groups excluding carboxylic acids is 2. The van der Waals surface area contributed by atoms with Crippen molar-refractivity contribution in [2.75, 3.05) is 26.8 Å². The Morgan fingerprint density at radius 2 is 2.05 bits per heavy atom. The number of amides is 2. The molecule has 0 saturated carbocycles. The second-order valence-electron chi connectivity index (χ2n) is 4.01. The largest absolute Gasteiger partial charge is 0.383 e. The molecule has 0 aromatic heterocycles. The zero-order chi connectivity index (χ0) is 14.3. The molecule has 0 atom stereocenters. The Bertz CT molecular complexity index is 463. The molecule has 2 N–H and O–H groups in total. The van der Waals surface area contributed by atoms with Gasteiger partial charge in [0.05, 0.1) is 18.7 Å². The van der Waals surface area contributed by atoms with Crippen LogP contribution in [-0.2, 0) is 9.53 Å². The number of aryl methyl sites for hydroxylation is 1. The lowest BCUT2D eigenvalue weighted by Crippen LogP contribution is -2.38. The van der Waals surface area contributed by atoms with Crippen LogP contribution in [0.4, 0.5) is 4.39 Å². The molecular weight excluding hydrogens is 251 g/mol. The van der Waals surface area contributed by atoms with Crippen molar-refractivity contribution in [2.24, 2.45) is 0 Å². The minimum atomic E-state index is -0.612. The molecule has 1 aromatic rings. The SMILES string of the molecule is COCCNC(=O)CNC(=O)c1ccc(C)cc1F. The van der Waals surface area contributed by atoms with E-state index in [1.807, 2.05) is 0 Å². The number of carbonyl (C=O) groups is 2. The summed E-state index contributed by atoms with van der Waals surface area (Å²) in [5.74, 6) is -1.56. The number of halogens is 1. The van der Waals surface area contributed by atoms with Crippen LogP contribution in [0.25, 0.3) is 0 Å². The summed E-state index contributed by atoms with van der Waals surface area (Å²) in [6.45, 7) is 2.29. The quantitative estimate of drug-likeness (QED) is 0.743. The van der Waals surface area contributed by atoms with Gasteiger partial charge in [0.25, 0.3) is 5.91 Å². The molecule has 2 amide bonds. The predicted molar refractivity (Wildman–Crippen MR) is 68.4 cm³/mol. The molecule has 1 rings (SSSR count). The Labute approximate surface area is 111 Å². The van der Waals surface area contributed by atoms with Crippen molar-refractivity contribution >= 4 is 11.8 Å². The first-order valence-corrected chi connectivity index (χ1v) is 5.84. The molecule has 5 nitrogen and oxygen atoms in total. The van der Waals surface area contributed by atoms with Crippen molar-refractivity contribution in [1.29, 1.82) is 0 Å². The van der Waals surface area contributed by atoms with Gasteiger partial charge in [0.1, 0.15) is 5.82 Å². The normalized spacial score (nSPS) is 10.1. The van der Waals surface area contributed by atoms with Crippen LogP contribution < -0.4 is 10.6 Å². The fraction of sp³-hybridized carbons (Fsp3) is 0.385. The fourth-order valence-electron chi connectivity index (χ4n) is 1.42. The maximum absolute atomic E-state index is 13.5. The van der Waals surface area contributed by atoms with Crippen LogP contribution in [0.1, 0.15) is 15.9 Å². The van der Waals surface area contributed by atoms with Crippen molar-refractivity contribution in [2.45, 2.75) is 6.92 Å². The molecule has 0 aliphatic heterocycles. The number of hydrogen-bond donors (Lipinski definition) is 2. The van der Waals surface area contributed by atoms with E-state index >= 15 is 0 Å². The summed E-state index contributed by atoms with van der Waals surface area (Å²) in [7, 11) is 1.52. The molecule has 0 bridgehead atoms. The summed E-state index contributed by atoms with van der Waals surface area (Å²) >= 11 is 0. The van der Waals surface area contributed by atoms with Gasteiger partial charge in [-0.15, -0.1) is 0 Å². The first-order chi connectivity index (χ1) is 9.04. The number of hydrogen-bond acceptors (Lipinski definition) is 3. The van der Waals surface area contributed by atoms with E-state index in [2.05, 4.69) is 10.6 Å². The van der Waals surface area contributed by atoms with Gasteiger partial charge >= 0.3 is 0 Å². The van der Waals surface area contributed by atoms with Crippen molar-refractivity contribution in [1.82, 2.24) is 10.6 Å². The van der Waals surface area contributed by atoms with E-state index in [4.69, 9.17) is 4.74 Å². The molecule has 19 heavy (non-hydrogen) atoms. The topological polar surface area (TPSA) is 67.4 Å². The minimum absolute atomic E-state index is 0.0738. The number of methoxy groups -OCH3 is 1. The fourth-order valence-corrected chi connectivity index (χ4v) is 1.42. The van der Waals surface area contributed by atoms with Gasteiger partial charge in [0.15, 0.2) is 0 Å². The minimum Gasteiger partial charge on any atom is -0.383 e. The van der Waals surface area contributed by atoms with Crippen LogP contribution in [0, 0.1) is 12.7 Å².